The van der Waals surface area contributed by atoms with Crippen LogP contribution < -0.4 is 5.32 Å². The summed E-state index contributed by atoms with van der Waals surface area (Å²) >= 11 is 5.97. The minimum Gasteiger partial charge on any atom is -0.395 e. The molecule has 0 saturated heterocycles. The van der Waals surface area contributed by atoms with Crippen LogP contribution in [0.5, 0.6) is 0 Å². The SMILES string of the molecule is CCNc1cc(C(=O)N(CCO)CCO)c(Cl)cn1. The Hall–Kier alpha value is -1.37. The van der Waals surface area contributed by atoms with Crippen LogP contribution in [-0.4, -0.2) is 58.9 Å². The zero-order valence-electron chi connectivity index (χ0n) is 10.8. The third-order valence-electron chi connectivity index (χ3n) is 2.47. The minimum absolute atomic E-state index is 0.147. The topological polar surface area (TPSA) is 85.7 Å². The van der Waals surface area contributed by atoms with Gasteiger partial charge in [0.25, 0.3) is 5.91 Å². The van der Waals surface area contributed by atoms with Gasteiger partial charge in [0.2, 0.25) is 0 Å². The highest BCUT2D eigenvalue weighted by atomic mass is 35.5. The smallest absolute Gasteiger partial charge is 0.255 e. The van der Waals surface area contributed by atoms with Crippen LogP contribution in [0, 0.1) is 0 Å². The molecule has 0 spiro atoms. The van der Waals surface area contributed by atoms with Gasteiger partial charge in [-0.05, 0) is 13.0 Å². The van der Waals surface area contributed by atoms with Crippen molar-refractivity contribution >= 4 is 23.3 Å². The maximum Gasteiger partial charge on any atom is 0.255 e. The average Bonchev–Trinajstić information content (AvgIpc) is 2.40. The van der Waals surface area contributed by atoms with Crippen LogP contribution >= 0.6 is 11.6 Å². The van der Waals surface area contributed by atoms with E-state index >= 15 is 0 Å². The number of anilines is 1. The normalized spacial score (nSPS) is 10.3. The van der Waals surface area contributed by atoms with Gasteiger partial charge in [0, 0.05) is 25.8 Å². The lowest BCUT2D eigenvalue weighted by atomic mass is 10.2. The summed E-state index contributed by atoms with van der Waals surface area (Å²) in [5, 5.41) is 21.1. The summed E-state index contributed by atoms with van der Waals surface area (Å²) in [5.74, 6) is 0.220. The van der Waals surface area contributed by atoms with Gasteiger partial charge in [0.05, 0.1) is 23.8 Å². The van der Waals surface area contributed by atoms with Gasteiger partial charge in [-0.15, -0.1) is 0 Å². The maximum atomic E-state index is 12.3. The van der Waals surface area contributed by atoms with Gasteiger partial charge in [-0.25, -0.2) is 4.98 Å². The fourth-order valence-corrected chi connectivity index (χ4v) is 1.79. The molecular formula is C12H18ClN3O3. The van der Waals surface area contributed by atoms with Crippen LogP contribution in [0.2, 0.25) is 5.02 Å². The quantitative estimate of drug-likeness (QED) is 0.683. The lowest BCUT2D eigenvalue weighted by molar-refractivity contribution is 0.0685. The molecule has 1 rings (SSSR count). The standard InChI is InChI=1S/C12H18ClN3O3/c1-2-14-11-7-9(10(13)8-15-11)12(19)16(3-5-17)4-6-18/h7-8,17-18H,2-6H2,1H3,(H,14,15). The number of rotatable bonds is 7. The molecule has 0 unspecified atom stereocenters. The van der Waals surface area contributed by atoms with Crippen LogP contribution in [0.4, 0.5) is 5.82 Å². The molecule has 1 amide bonds. The fraction of sp³-hybridized carbons (Fsp3) is 0.500. The van der Waals surface area contributed by atoms with Crippen molar-refractivity contribution in [2.75, 3.05) is 38.2 Å². The molecule has 1 aromatic rings. The second-order valence-electron chi connectivity index (χ2n) is 3.82. The number of pyridine rings is 1. The van der Waals surface area contributed by atoms with Crippen LogP contribution in [0.1, 0.15) is 17.3 Å². The molecule has 6 nitrogen and oxygen atoms in total. The van der Waals surface area contributed by atoms with Gasteiger partial charge in [-0.1, -0.05) is 11.6 Å². The van der Waals surface area contributed by atoms with Crippen molar-refractivity contribution in [2.24, 2.45) is 0 Å². The van der Waals surface area contributed by atoms with E-state index < -0.39 is 0 Å². The lowest BCUT2D eigenvalue weighted by Crippen LogP contribution is -2.36. The Morgan fingerprint density at radius 1 is 1.42 bits per heavy atom. The molecule has 0 saturated carbocycles. The maximum absolute atomic E-state index is 12.3. The third kappa shape index (κ3) is 4.34. The van der Waals surface area contributed by atoms with Gasteiger partial charge in [-0.3, -0.25) is 4.79 Å². The molecule has 0 radical (unpaired) electrons. The Morgan fingerprint density at radius 3 is 2.58 bits per heavy atom. The van der Waals surface area contributed by atoms with Crippen molar-refractivity contribution in [3.63, 3.8) is 0 Å². The molecule has 0 aliphatic heterocycles. The van der Waals surface area contributed by atoms with Crippen molar-refractivity contribution < 1.29 is 15.0 Å². The number of aromatic nitrogens is 1. The zero-order valence-corrected chi connectivity index (χ0v) is 11.5. The fourth-order valence-electron chi connectivity index (χ4n) is 1.61. The molecule has 0 bridgehead atoms. The van der Waals surface area contributed by atoms with Crippen LogP contribution in [0.25, 0.3) is 0 Å². The van der Waals surface area contributed by atoms with E-state index in [9.17, 15) is 4.79 Å². The number of hydrogen-bond donors (Lipinski definition) is 3. The van der Waals surface area contributed by atoms with Crippen molar-refractivity contribution in [3.8, 4) is 0 Å². The highest BCUT2D eigenvalue weighted by Gasteiger charge is 2.18. The first kappa shape index (κ1) is 15.7. The van der Waals surface area contributed by atoms with E-state index in [0.717, 1.165) is 0 Å². The molecule has 106 valence electrons. The van der Waals surface area contributed by atoms with Gasteiger partial charge in [0.15, 0.2) is 0 Å². The second kappa shape index (κ2) is 7.93. The second-order valence-corrected chi connectivity index (χ2v) is 4.23. The molecule has 19 heavy (non-hydrogen) atoms. The Bertz CT molecular complexity index is 423. The summed E-state index contributed by atoms with van der Waals surface area (Å²) in [4.78, 5) is 17.7. The van der Waals surface area contributed by atoms with Gasteiger partial charge in [-0.2, -0.15) is 0 Å². The number of carbonyl (C=O) groups is 1. The number of nitrogens with one attached hydrogen (secondary N) is 1. The van der Waals surface area contributed by atoms with E-state index in [1.807, 2.05) is 6.92 Å². The molecule has 0 aliphatic carbocycles. The summed E-state index contributed by atoms with van der Waals surface area (Å²) < 4.78 is 0. The number of halogens is 1. The van der Waals surface area contributed by atoms with E-state index in [1.165, 1.54) is 11.1 Å². The minimum atomic E-state index is -0.338. The molecule has 0 aliphatic rings. The summed E-state index contributed by atoms with van der Waals surface area (Å²) in [7, 11) is 0. The molecule has 0 aromatic carbocycles. The summed E-state index contributed by atoms with van der Waals surface area (Å²) in [6, 6.07) is 1.57. The predicted octanol–water partition coefficient (Wildman–Crippen LogP) is 0.594. The summed E-state index contributed by atoms with van der Waals surface area (Å²) in [6.45, 7) is 2.55. The largest absolute Gasteiger partial charge is 0.395 e. The summed E-state index contributed by atoms with van der Waals surface area (Å²) in [6.07, 6.45) is 1.41. The Balaban J connectivity index is 2.98. The van der Waals surface area contributed by atoms with Crippen molar-refractivity contribution in [3.05, 3.63) is 22.8 Å². The molecule has 0 atom stereocenters. The highest BCUT2D eigenvalue weighted by Crippen LogP contribution is 2.19. The molecule has 1 heterocycles. The van der Waals surface area contributed by atoms with E-state index in [0.29, 0.717) is 17.9 Å². The van der Waals surface area contributed by atoms with Crippen molar-refractivity contribution in [1.82, 2.24) is 9.88 Å². The van der Waals surface area contributed by atoms with Crippen LogP contribution in [0.15, 0.2) is 12.3 Å². The van der Waals surface area contributed by atoms with Crippen molar-refractivity contribution in [1.29, 1.82) is 0 Å². The first-order valence-corrected chi connectivity index (χ1v) is 6.42. The van der Waals surface area contributed by atoms with Crippen LogP contribution in [-0.2, 0) is 0 Å². The van der Waals surface area contributed by atoms with Gasteiger partial charge in [0.1, 0.15) is 5.82 Å². The molecule has 7 heteroatoms. The number of amides is 1. The predicted molar refractivity (Wildman–Crippen MR) is 73.5 cm³/mol. The number of hydrogen-bond acceptors (Lipinski definition) is 5. The van der Waals surface area contributed by atoms with Gasteiger partial charge < -0.3 is 20.4 Å². The Labute approximate surface area is 117 Å². The monoisotopic (exact) mass is 287 g/mol. The highest BCUT2D eigenvalue weighted by molar-refractivity contribution is 6.33. The average molecular weight is 288 g/mol. The van der Waals surface area contributed by atoms with Crippen LogP contribution in [0.3, 0.4) is 0 Å². The van der Waals surface area contributed by atoms with E-state index in [2.05, 4.69) is 10.3 Å². The molecule has 3 N–H and O–H groups in total. The number of aliphatic hydroxyl groups is 2. The van der Waals surface area contributed by atoms with E-state index in [-0.39, 0.29) is 37.2 Å². The number of nitrogens with zero attached hydrogens (tertiary/aromatic N) is 2. The first-order valence-electron chi connectivity index (χ1n) is 6.04. The number of carbonyl (C=O) groups excluding carboxylic acids is 1. The van der Waals surface area contributed by atoms with Gasteiger partial charge >= 0.3 is 0 Å². The third-order valence-corrected chi connectivity index (χ3v) is 2.77. The van der Waals surface area contributed by atoms with E-state index in [1.54, 1.807) is 6.07 Å². The molecular weight excluding hydrogens is 270 g/mol. The first-order chi connectivity index (χ1) is 9.13. The van der Waals surface area contributed by atoms with E-state index in [4.69, 9.17) is 21.8 Å². The van der Waals surface area contributed by atoms with Crippen molar-refractivity contribution in [2.45, 2.75) is 6.92 Å². The molecule has 0 fully saturated rings. The number of aliphatic hydroxyl groups excluding tert-OH is 2. The Morgan fingerprint density at radius 2 is 2.05 bits per heavy atom. The Kier molecular flexibility index (Phi) is 6.55. The summed E-state index contributed by atoms with van der Waals surface area (Å²) in [5.41, 5.74) is 0.300. The molecule has 1 aromatic heterocycles. The lowest BCUT2D eigenvalue weighted by Gasteiger charge is -2.21. The zero-order chi connectivity index (χ0) is 14.3.